The summed E-state index contributed by atoms with van der Waals surface area (Å²) in [6.07, 6.45) is 5.09. The van der Waals surface area contributed by atoms with Gasteiger partial charge in [0.15, 0.2) is 0 Å². The van der Waals surface area contributed by atoms with E-state index >= 15 is 0 Å². The summed E-state index contributed by atoms with van der Waals surface area (Å²) in [5, 5.41) is 0. The number of pyridine rings is 1. The Morgan fingerprint density at radius 3 is 2.60 bits per heavy atom. The van der Waals surface area contributed by atoms with Gasteiger partial charge in [-0.1, -0.05) is 13.8 Å². The van der Waals surface area contributed by atoms with E-state index in [4.69, 9.17) is 0 Å². The van der Waals surface area contributed by atoms with Gasteiger partial charge >= 0.3 is 0 Å². The summed E-state index contributed by atoms with van der Waals surface area (Å²) >= 11 is 3.57. The number of halogens is 1. The first kappa shape index (κ1) is 10.9. The normalized spacial score (nSPS) is 26.7. The average molecular weight is 269 g/mol. The molecule has 0 saturated carbocycles. The Morgan fingerprint density at radius 2 is 2.00 bits per heavy atom. The third-order valence-corrected chi connectivity index (χ3v) is 3.57. The van der Waals surface area contributed by atoms with Crippen molar-refractivity contribution in [2.45, 2.75) is 20.3 Å². The molecule has 3 heteroatoms. The molecule has 0 aliphatic carbocycles. The summed E-state index contributed by atoms with van der Waals surface area (Å²) < 4.78 is 1.10. The second-order valence-electron chi connectivity index (χ2n) is 4.68. The van der Waals surface area contributed by atoms with E-state index in [1.165, 1.54) is 12.1 Å². The zero-order valence-corrected chi connectivity index (χ0v) is 10.9. The van der Waals surface area contributed by atoms with E-state index < -0.39 is 0 Å². The van der Waals surface area contributed by atoms with Gasteiger partial charge in [-0.15, -0.1) is 0 Å². The quantitative estimate of drug-likeness (QED) is 0.777. The number of hydrogen-bond donors (Lipinski definition) is 0. The molecule has 0 spiro atoms. The summed E-state index contributed by atoms with van der Waals surface area (Å²) in [5.41, 5.74) is 1.28. The summed E-state index contributed by atoms with van der Waals surface area (Å²) in [6, 6.07) is 2.09. The maximum atomic E-state index is 4.10. The van der Waals surface area contributed by atoms with E-state index in [0.717, 1.165) is 29.4 Å². The number of rotatable bonds is 1. The Labute approximate surface area is 99.8 Å². The molecule has 0 aromatic carbocycles. The molecule has 1 aromatic heterocycles. The summed E-state index contributed by atoms with van der Waals surface area (Å²) in [5.74, 6) is 1.57. The van der Waals surface area contributed by atoms with E-state index in [9.17, 15) is 0 Å². The summed E-state index contributed by atoms with van der Waals surface area (Å²) in [7, 11) is 0. The highest BCUT2D eigenvalue weighted by atomic mass is 79.9. The lowest BCUT2D eigenvalue weighted by Crippen LogP contribution is -2.38. The molecule has 1 saturated heterocycles. The summed E-state index contributed by atoms with van der Waals surface area (Å²) in [6.45, 7) is 6.98. The van der Waals surface area contributed by atoms with Crippen molar-refractivity contribution in [3.8, 4) is 0 Å². The van der Waals surface area contributed by atoms with Crippen LogP contribution in [-0.2, 0) is 0 Å². The van der Waals surface area contributed by atoms with Crippen LogP contribution in [0.15, 0.2) is 22.9 Å². The number of hydrogen-bond acceptors (Lipinski definition) is 2. The van der Waals surface area contributed by atoms with Crippen LogP contribution in [0.2, 0.25) is 0 Å². The molecule has 1 aliphatic heterocycles. The van der Waals surface area contributed by atoms with Crippen LogP contribution in [0.25, 0.3) is 0 Å². The van der Waals surface area contributed by atoms with Crippen LogP contribution in [0.1, 0.15) is 20.3 Å². The van der Waals surface area contributed by atoms with Crippen molar-refractivity contribution < 1.29 is 0 Å². The maximum absolute atomic E-state index is 4.10. The Balaban J connectivity index is 2.20. The van der Waals surface area contributed by atoms with E-state index in [2.05, 4.69) is 45.7 Å². The third kappa shape index (κ3) is 2.51. The Hall–Kier alpha value is -0.570. The molecule has 0 amide bonds. The molecule has 2 nitrogen and oxygen atoms in total. The second-order valence-corrected chi connectivity index (χ2v) is 5.53. The molecule has 2 unspecified atom stereocenters. The predicted molar refractivity (Wildman–Crippen MR) is 67.1 cm³/mol. The fourth-order valence-corrected chi connectivity index (χ4v) is 2.99. The van der Waals surface area contributed by atoms with E-state index in [1.807, 2.05) is 12.4 Å². The first-order valence-electron chi connectivity index (χ1n) is 5.51. The van der Waals surface area contributed by atoms with Gasteiger partial charge in [-0.3, -0.25) is 4.98 Å². The van der Waals surface area contributed by atoms with Crippen molar-refractivity contribution in [2.75, 3.05) is 18.0 Å². The van der Waals surface area contributed by atoms with Gasteiger partial charge in [0.2, 0.25) is 0 Å². The minimum Gasteiger partial charge on any atom is -0.370 e. The van der Waals surface area contributed by atoms with Crippen LogP contribution >= 0.6 is 15.9 Å². The van der Waals surface area contributed by atoms with Gasteiger partial charge < -0.3 is 4.90 Å². The molecular formula is C12H17BrN2. The molecule has 0 N–H and O–H groups in total. The number of piperidine rings is 1. The summed E-state index contributed by atoms with van der Waals surface area (Å²) in [4.78, 5) is 6.57. The van der Waals surface area contributed by atoms with Gasteiger partial charge in [-0.05, 0) is 40.3 Å². The minimum atomic E-state index is 0.786. The highest BCUT2D eigenvalue weighted by molar-refractivity contribution is 9.10. The van der Waals surface area contributed by atoms with Crippen molar-refractivity contribution >= 4 is 21.6 Å². The van der Waals surface area contributed by atoms with Gasteiger partial charge in [0, 0.05) is 25.5 Å². The molecule has 0 bridgehead atoms. The lowest BCUT2D eigenvalue weighted by Gasteiger charge is -2.37. The van der Waals surface area contributed by atoms with Gasteiger partial charge in [-0.2, -0.15) is 0 Å². The number of nitrogens with zero attached hydrogens (tertiary/aromatic N) is 2. The minimum absolute atomic E-state index is 0.786. The monoisotopic (exact) mass is 268 g/mol. The molecule has 2 heterocycles. The molecule has 0 radical (unpaired) electrons. The average Bonchev–Trinajstić information content (AvgIpc) is 2.16. The second kappa shape index (κ2) is 4.52. The van der Waals surface area contributed by atoms with E-state index in [0.29, 0.717) is 0 Å². The van der Waals surface area contributed by atoms with E-state index in [-0.39, 0.29) is 0 Å². The smallest absolute Gasteiger partial charge is 0.0592 e. The molecule has 2 atom stereocenters. The van der Waals surface area contributed by atoms with Crippen LogP contribution in [0.5, 0.6) is 0 Å². The Kier molecular flexibility index (Phi) is 3.29. The Morgan fingerprint density at radius 1 is 1.33 bits per heavy atom. The zero-order valence-electron chi connectivity index (χ0n) is 9.28. The fourth-order valence-electron chi connectivity index (χ4n) is 2.48. The number of aromatic nitrogens is 1. The van der Waals surface area contributed by atoms with Gasteiger partial charge in [-0.25, -0.2) is 0 Å². The van der Waals surface area contributed by atoms with Gasteiger partial charge in [0.25, 0.3) is 0 Å². The molecule has 1 aliphatic rings. The molecular weight excluding hydrogens is 252 g/mol. The van der Waals surface area contributed by atoms with Crippen molar-refractivity contribution in [1.82, 2.24) is 4.98 Å². The predicted octanol–water partition coefficient (Wildman–Crippen LogP) is 3.33. The molecule has 1 fully saturated rings. The molecule has 15 heavy (non-hydrogen) atoms. The highest BCUT2D eigenvalue weighted by Crippen LogP contribution is 2.30. The van der Waals surface area contributed by atoms with Crippen LogP contribution < -0.4 is 4.90 Å². The lowest BCUT2D eigenvalue weighted by molar-refractivity contribution is 0.356. The molecule has 82 valence electrons. The fraction of sp³-hybridized carbons (Fsp3) is 0.583. The van der Waals surface area contributed by atoms with Crippen molar-refractivity contribution in [2.24, 2.45) is 11.8 Å². The first-order valence-corrected chi connectivity index (χ1v) is 6.30. The lowest BCUT2D eigenvalue weighted by atomic mass is 9.91. The van der Waals surface area contributed by atoms with Crippen LogP contribution in [0, 0.1) is 11.8 Å². The van der Waals surface area contributed by atoms with Gasteiger partial charge in [0.05, 0.1) is 10.2 Å². The highest BCUT2D eigenvalue weighted by Gasteiger charge is 2.22. The standard InChI is InChI=1S/C12H17BrN2/c1-9-5-10(2)8-15(7-9)12-3-4-14-6-11(12)13/h3-4,6,9-10H,5,7-8H2,1-2H3. The van der Waals surface area contributed by atoms with Crippen molar-refractivity contribution in [1.29, 1.82) is 0 Å². The van der Waals surface area contributed by atoms with Crippen molar-refractivity contribution in [3.63, 3.8) is 0 Å². The zero-order chi connectivity index (χ0) is 10.8. The Bertz CT molecular complexity index is 330. The largest absolute Gasteiger partial charge is 0.370 e. The topological polar surface area (TPSA) is 16.1 Å². The van der Waals surface area contributed by atoms with E-state index in [1.54, 1.807) is 0 Å². The van der Waals surface area contributed by atoms with Crippen LogP contribution in [-0.4, -0.2) is 18.1 Å². The SMILES string of the molecule is CC1CC(C)CN(c2ccncc2Br)C1. The third-order valence-electron chi connectivity index (χ3n) is 2.96. The van der Waals surface area contributed by atoms with Crippen molar-refractivity contribution in [3.05, 3.63) is 22.9 Å². The van der Waals surface area contributed by atoms with Crippen LogP contribution in [0.3, 0.4) is 0 Å². The van der Waals surface area contributed by atoms with Crippen LogP contribution in [0.4, 0.5) is 5.69 Å². The first-order chi connectivity index (χ1) is 7.16. The maximum Gasteiger partial charge on any atom is 0.0592 e. The molecule has 1 aromatic rings. The number of anilines is 1. The van der Waals surface area contributed by atoms with Gasteiger partial charge in [0.1, 0.15) is 0 Å². The molecule has 2 rings (SSSR count).